The molecule has 20 heavy (non-hydrogen) atoms. The summed E-state index contributed by atoms with van der Waals surface area (Å²) in [7, 11) is -3.41. The molecule has 0 bridgehead atoms. The Morgan fingerprint density at radius 1 is 1.30 bits per heavy atom. The van der Waals surface area contributed by atoms with Crippen molar-refractivity contribution in [2.45, 2.75) is 45.1 Å². The minimum Gasteiger partial charge on any atom is -0.313 e. The lowest BCUT2D eigenvalue weighted by Gasteiger charge is -2.14. The van der Waals surface area contributed by atoms with Gasteiger partial charge >= 0.3 is 0 Å². The highest BCUT2D eigenvalue weighted by Gasteiger charge is 2.38. The molecule has 1 fully saturated rings. The first-order chi connectivity index (χ1) is 9.36. The number of aryl methyl sites for hydroxylation is 1. The summed E-state index contributed by atoms with van der Waals surface area (Å²) in [6, 6.07) is 5.62. The van der Waals surface area contributed by atoms with Gasteiger partial charge in [0.2, 0.25) is 10.0 Å². The lowest BCUT2D eigenvalue weighted by molar-refractivity contribution is 0.530. The topological polar surface area (TPSA) is 58.2 Å². The van der Waals surface area contributed by atoms with Crippen LogP contribution in [-0.2, 0) is 16.6 Å². The van der Waals surface area contributed by atoms with E-state index < -0.39 is 10.0 Å². The smallest absolute Gasteiger partial charge is 0.240 e. The number of sulfonamides is 1. The highest BCUT2D eigenvalue weighted by molar-refractivity contribution is 7.89. The van der Waals surface area contributed by atoms with Gasteiger partial charge in [-0.2, -0.15) is 0 Å². The molecule has 0 aromatic heterocycles. The lowest BCUT2D eigenvalue weighted by atomic mass is 10.1. The maximum absolute atomic E-state index is 12.4. The zero-order chi connectivity index (χ0) is 14.8. The van der Waals surface area contributed by atoms with Gasteiger partial charge in [-0.3, -0.25) is 0 Å². The summed E-state index contributed by atoms with van der Waals surface area (Å²) in [5.74, 6) is 0. The maximum Gasteiger partial charge on any atom is 0.240 e. The Morgan fingerprint density at radius 3 is 2.60 bits per heavy atom. The third-order valence-electron chi connectivity index (χ3n) is 3.91. The molecule has 0 spiro atoms. The van der Waals surface area contributed by atoms with Gasteiger partial charge in [-0.05, 0) is 48.9 Å². The highest BCUT2D eigenvalue weighted by atomic mass is 32.2. The van der Waals surface area contributed by atoms with Crippen LogP contribution in [0, 0.1) is 12.3 Å². The van der Waals surface area contributed by atoms with Gasteiger partial charge < -0.3 is 5.32 Å². The molecule has 1 aliphatic rings. The van der Waals surface area contributed by atoms with Crippen molar-refractivity contribution in [2.75, 3.05) is 13.1 Å². The van der Waals surface area contributed by atoms with Crippen LogP contribution in [-0.4, -0.2) is 21.5 Å². The van der Waals surface area contributed by atoms with Gasteiger partial charge in [0, 0.05) is 13.1 Å². The summed E-state index contributed by atoms with van der Waals surface area (Å²) in [6.07, 6.45) is 2.21. The first-order valence-corrected chi connectivity index (χ1v) is 8.64. The maximum atomic E-state index is 12.4. The van der Waals surface area contributed by atoms with Crippen LogP contribution in [0.3, 0.4) is 0 Å². The average molecular weight is 296 g/mol. The largest absolute Gasteiger partial charge is 0.313 e. The number of nitrogens with one attached hydrogen (secondary N) is 2. The van der Waals surface area contributed by atoms with E-state index in [9.17, 15) is 8.42 Å². The summed E-state index contributed by atoms with van der Waals surface area (Å²) < 4.78 is 27.6. The van der Waals surface area contributed by atoms with Gasteiger partial charge in [0.05, 0.1) is 4.90 Å². The summed E-state index contributed by atoms with van der Waals surface area (Å²) >= 11 is 0. The zero-order valence-electron chi connectivity index (χ0n) is 12.5. The van der Waals surface area contributed by atoms with Crippen LogP contribution in [0.25, 0.3) is 0 Å². The van der Waals surface area contributed by atoms with E-state index in [4.69, 9.17) is 0 Å². The first-order valence-electron chi connectivity index (χ1n) is 7.16. The second-order valence-electron chi connectivity index (χ2n) is 6.02. The molecule has 0 heterocycles. The minimum absolute atomic E-state index is 0.169. The van der Waals surface area contributed by atoms with Crippen molar-refractivity contribution in [3.05, 3.63) is 29.3 Å². The van der Waals surface area contributed by atoms with Crippen LogP contribution in [0.4, 0.5) is 0 Å². The van der Waals surface area contributed by atoms with Crippen LogP contribution >= 0.6 is 0 Å². The van der Waals surface area contributed by atoms with Crippen LogP contribution in [0.2, 0.25) is 0 Å². The second kappa shape index (κ2) is 5.84. The van der Waals surface area contributed by atoms with E-state index in [-0.39, 0.29) is 5.41 Å². The number of hydrogen-bond acceptors (Lipinski definition) is 3. The molecule has 0 amide bonds. The molecule has 0 aliphatic heterocycles. The fraction of sp³-hybridized carbons (Fsp3) is 0.600. The van der Waals surface area contributed by atoms with Crippen molar-refractivity contribution < 1.29 is 8.42 Å². The molecule has 0 radical (unpaired) electrons. The van der Waals surface area contributed by atoms with Crippen LogP contribution in [0.1, 0.15) is 37.8 Å². The molecule has 112 valence electrons. The van der Waals surface area contributed by atoms with Gasteiger partial charge in [0.1, 0.15) is 0 Å². The van der Waals surface area contributed by atoms with Gasteiger partial charge in [-0.1, -0.05) is 26.0 Å². The van der Waals surface area contributed by atoms with Gasteiger partial charge in [-0.25, -0.2) is 13.1 Å². The van der Waals surface area contributed by atoms with Crippen molar-refractivity contribution >= 4 is 10.0 Å². The number of hydrogen-bond donors (Lipinski definition) is 2. The summed E-state index contributed by atoms with van der Waals surface area (Å²) in [6.45, 7) is 8.08. The summed E-state index contributed by atoms with van der Waals surface area (Å²) in [5, 5.41) is 3.21. The zero-order valence-corrected chi connectivity index (χ0v) is 13.3. The molecule has 0 unspecified atom stereocenters. The van der Waals surface area contributed by atoms with Crippen molar-refractivity contribution in [2.24, 2.45) is 5.41 Å². The van der Waals surface area contributed by atoms with Gasteiger partial charge in [0.25, 0.3) is 0 Å². The first kappa shape index (κ1) is 15.5. The normalized spacial score (nSPS) is 17.1. The molecule has 1 aromatic carbocycles. The van der Waals surface area contributed by atoms with Crippen molar-refractivity contribution in [3.63, 3.8) is 0 Å². The fourth-order valence-electron chi connectivity index (χ4n) is 2.05. The van der Waals surface area contributed by atoms with Crippen molar-refractivity contribution in [3.8, 4) is 0 Å². The Labute approximate surface area is 122 Å². The molecule has 1 aliphatic carbocycles. The standard InChI is InChI=1S/C15H24N2O2S/c1-4-16-10-13-6-5-12(2)14(9-13)20(18,19)17-11-15(3)7-8-15/h5-6,9,16-17H,4,7-8,10-11H2,1-3H3. The van der Waals surface area contributed by atoms with Crippen LogP contribution in [0.5, 0.6) is 0 Å². The Hall–Kier alpha value is -0.910. The molecule has 2 rings (SSSR count). The Morgan fingerprint density at radius 2 is 2.00 bits per heavy atom. The molecule has 0 atom stereocenters. The molecule has 2 N–H and O–H groups in total. The Balaban J connectivity index is 2.16. The van der Waals surface area contributed by atoms with E-state index in [0.29, 0.717) is 18.0 Å². The molecule has 1 saturated carbocycles. The minimum atomic E-state index is -3.41. The SMILES string of the molecule is CCNCc1ccc(C)c(S(=O)(=O)NCC2(C)CC2)c1. The predicted octanol–water partition coefficient (Wildman–Crippen LogP) is 2.18. The fourth-order valence-corrected chi connectivity index (χ4v) is 3.54. The van der Waals surface area contributed by atoms with E-state index >= 15 is 0 Å². The van der Waals surface area contributed by atoms with Crippen molar-refractivity contribution in [1.82, 2.24) is 10.0 Å². The van der Waals surface area contributed by atoms with Crippen LogP contribution in [0.15, 0.2) is 23.1 Å². The quantitative estimate of drug-likeness (QED) is 0.811. The van der Waals surface area contributed by atoms with E-state index in [2.05, 4.69) is 17.0 Å². The predicted molar refractivity (Wildman–Crippen MR) is 81.1 cm³/mol. The molecule has 0 saturated heterocycles. The third kappa shape index (κ3) is 3.81. The van der Waals surface area contributed by atoms with E-state index in [1.165, 1.54) is 0 Å². The average Bonchev–Trinajstić information content (AvgIpc) is 3.14. The van der Waals surface area contributed by atoms with E-state index in [1.807, 2.05) is 26.0 Å². The second-order valence-corrected chi connectivity index (χ2v) is 7.75. The van der Waals surface area contributed by atoms with E-state index in [0.717, 1.165) is 30.5 Å². The molecular weight excluding hydrogens is 272 g/mol. The highest BCUT2D eigenvalue weighted by Crippen LogP contribution is 2.44. The monoisotopic (exact) mass is 296 g/mol. The molecule has 4 nitrogen and oxygen atoms in total. The molecule has 1 aromatic rings. The molecular formula is C15H24N2O2S. The Bertz CT molecular complexity index is 578. The Kier molecular flexibility index (Phi) is 4.52. The summed E-state index contributed by atoms with van der Waals surface area (Å²) in [4.78, 5) is 0.400. The number of rotatable bonds is 7. The van der Waals surface area contributed by atoms with E-state index in [1.54, 1.807) is 6.07 Å². The number of benzene rings is 1. The van der Waals surface area contributed by atoms with Crippen LogP contribution < -0.4 is 10.0 Å². The summed E-state index contributed by atoms with van der Waals surface area (Å²) in [5.41, 5.74) is 1.96. The van der Waals surface area contributed by atoms with Gasteiger partial charge in [0.15, 0.2) is 0 Å². The molecule has 5 heteroatoms. The van der Waals surface area contributed by atoms with Gasteiger partial charge in [-0.15, -0.1) is 0 Å². The lowest BCUT2D eigenvalue weighted by Crippen LogP contribution is -2.29. The third-order valence-corrected chi connectivity index (χ3v) is 5.46. The van der Waals surface area contributed by atoms with Crippen molar-refractivity contribution in [1.29, 1.82) is 0 Å².